The summed E-state index contributed by atoms with van der Waals surface area (Å²) in [5.41, 5.74) is 3.56. The molecule has 0 unspecified atom stereocenters. The second-order valence-electron chi connectivity index (χ2n) is 8.51. The molecule has 0 atom stereocenters. The fourth-order valence-corrected chi connectivity index (χ4v) is 5.83. The Hall–Kier alpha value is -2.93. The third kappa shape index (κ3) is 4.60. The molecule has 7 heteroatoms. The van der Waals surface area contributed by atoms with Gasteiger partial charge in [0.2, 0.25) is 9.84 Å². The maximum atomic E-state index is 13.7. The van der Waals surface area contributed by atoms with Crippen molar-refractivity contribution in [3.8, 4) is 0 Å². The predicted molar refractivity (Wildman–Crippen MR) is 129 cm³/mol. The van der Waals surface area contributed by atoms with E-state index in [0.717, 1.165) is 28.5 Å². The number of aryl methyl sites for hydroxylation is 2. The zero-order chi connectivity index (χ0) is 23.6. The Kier molecular flexibility index (Phi) is 6.70. The van der Waals surface area contributed by atoms with E-state index in [2.05, 4.69) is 16.8 Å². The van der Waals surface area contributed by atoms with Crippen molar-refractivity contribution in [1.29, 1.82) is 0 Å². The topological polar surface area (TPSA) is 76.6 Å². The molecule has 6 nitrogen and oxygen atoms in total. The van der Waals surface area contributed by atoms with Crippen molar-refractivity contribution in [2.75, 3.05) is 24.6 Å². The van der Waals surface area contributed by atoms with Gasteiger partial charge in [-0.25, -0.2) is 8.42 Å². The zero-order valence-electron chi connectivity index (χ0n) is 19.4. The molecule has 4 rings (SSSR count). The molecule has 0 radical (unpaired) electrons. The lowest BCUT2D eigenvalue weighted by molar-refractivity contribution is -0.148. The highest BCUT2D eigenvalue weighted by Crippen LogP contribution is 2.38. The van der Waals surface area contributed by atoms with E-state index in [0.29, 0.717) is 38.2 Å². The van der Waals surface area contributed by atoms with Gasteiger partial charge in [0.1, 0.15) is 4.90 Å². The molecule has 1 saturated heterocycles. The zero-order valence-corrected chi connectivity index (χ0v) is 20.2. The Balaban J connectivity index is 1.82. The quantitative estimate of drug-likeness (QED) is 0.490. The number of carbonyl (C=O) groups is 1. The first-order valence-electron chi connectivity index (χ1n) is 11.5. The van der Waals surface area contributed by atoms with Gasteiger partial charge >= 0.3 is 5.97 Å². The molecule has 0 N–H and O–H groups in total. The van der Waals surface area contributed by atoms with Crippen molar-refractivity contribution in [3.63, 3.8) is 0 Å². The summed E-state index contributed by atoms with van der Waals surface area (Å²) in [4.78, 5) is 19.3. The summed E-state index contributed by atoms with van der Waals surface area (Å²) in [6.45, 7) is 7.34. The van der Waals surface area contributed by atoms with Crippen LogP contribution in [0.4, 0.5) is 5.69 Å². The van der Waals surface area contributed by atoms with E-state index in [4.69, 9.17) is 4.74 Å². The number of esters is 1. The number of piperidine rings is 1. The number of aromatic nitrogens is 1. The fraction of sp³-hybridized carbons (Fsp3) is 0.385. The number of hydrogen-bond acceptors (Lipinski definition) is 6. The molecule has 33 heavy (non-hydrogen) atoms. The van der Waals surface area contributed by atoms with Gasteiger partial charge in [0.05, 0.1) is 28.6 Å². The van der Waals surface area contributed by atoms with Crippen LogP contribution in [0.25, 0.3) is 10.9 Å². The monoisotopic (exact) mass is 466 g/mol. The Labute approximate surface area is 195 Å². The van der Waals surface area contributed by atoms with Crippen LogP contribution in [-0.2, 0) is 25.8 Å². The minimum atomic E-state index is -3.78. The van der Waals surface area contributed by atoms with Crippen molar-refractivity contribution >= 4 is 32.4 Å². The summed E-state index contributed by atoms with van der Waals surface area (Å²) in [6, 6.07) is 12.9. The highest BCUT2D eigenvalue weighted by molar-refractivity contribution is 7.91. The summed E-state index contributed by atoms with van der Waals surface area (Å²) in [5.74, 6) is -0.324. The van der Waals surface area contributed by atoms with Crippen molar-refractivity contribution in [3.05, 3.63) is 59.8 Å². The molecule has 0 saturated carbocycles. The van der Waals surface area contributed by atoms with E-state index < -0.39 is 9.84 Å². The molecule has 0 amide bonds. The molecular formula is C26H30N2O4S. The number of fused-ring (bicyclic) bond motifs is 1. The number of sulfone groups is 1. The number of anilines is 1. The van der Waals surface area contributed by atoms with Gasteiger partial charge in [-0.2, -0.15) is 0 Å². The largest absolute Gasteiger partial charge is 0.466 e. The van der Waals surface area contributed by atoms with E-state index in [9.17, 15) is 13.2 Å². The van der Waals surface area contributed by atoms with Gasteiger partial charge < -0.3 is 9.64 Å². The average molecular weight is 467 g/mol. The van der Waals surface area contributed by atoms with Gasteiger partial charge in [0.25, 0.3) is 0 Å². The van der Waals surface area contributed by atoms with Gasteiger partial charge in [-0.3, -0.25) is 9.78 Å². The van der Waals surface area contributed by atoms with Gasteiger partial charge in [-0.15, -0.1) is 0 Å². The second-order valence-corrected chi connectivity index (χ2v) is 10.4. The number of pyridine rings is 1. The fourth-order valence-electron chi connectivity index (χ4n) is 4.39. The van der Waals surface area contributed by atoms with Crippen LogP contribution < -0.4 is 4.90 Å². The van der Waals surface area contributed by atoms with E-state index in [-0.39, 0.29) is 21.7 Å². The van der Waals surface area contributed by atoms with Crippen molar-refractivity contribution in [1.82, 2.24) is 4.98 Å². The standard InChI is InChI=1S/C26H30N2O4S/c1-4-19-8-11-23-22(16-19)25(28-14-12-20(13-15-28)26(29)32-5-2)24(17-27-23)33(30,31)21-9-6-18(3)7-10-21/h6-11,16-17,20H,4-5,12-15H2,1-3H3. The summed E-state index contributed by atoms with van der Waals surface area (Å²) in [6.07, 6.45) is 3.57. The third-order valence-corrected chi connectivity index (χ3v) is 8.10. The number of carbonyl (C=O) groups excluding carboxylic acids is 1. The van der Waals surface area contributed by atoms with Gasteiger partial charge in [-0.1, -0.05) is 30.7 Å². The number of rotatable bonds is 6. The van der Waals surface area contributed by atoms with Crippen molar-refractivity contribution in [2.45, 2.75) is 49.8 Å². The molecule has 3 aromatic rings. The Morgan fingerprint density at radius 1 is 1.09 bits per heavy atom. The Morgan fingerprint density at radius 3 is 2.42 bits per heavy atom. The van der Waals surface area contributed by atoms with Crippen LogP contribution in [0.3, 0.4) is 0 Å². The van der Waals surface area contributed by atoms with Crippen LogP contribution in [0.2, 0.25) is 0 Å². The van der Waals surface area contributed by atoms with E-state index in [1.54, 1.807) is 24.3 Å². The molecule has 174 valence electrons. The maximum Gasteiger partial charge on any atom is 0.309 e. The van der Waals surface area contributed by atoms with Crippen LogP contribution in [0.1, 0.15) is 37.8 Å². The highest BCUT2D eigenvalue weighted by Gasteiger charge is 2.31. The maximum absolute atomic E-state index is 13.7. The Morgan fingerprint density at radius 2 is 1.79 bits per heavy atom. The van der Waals surface area contributed by atoms with Crippen LogP contribution in [0, 0.1) is 12.8 Å². The Bertz CT molecular complexity index is 1260. The second kappa shape index (κ2) is 9.51. The molecule has 0 spiro atoms. The summed E-state index contributed by atoms with van der Waals surface area (Å²) < 4.78 is 32.7. The van der Waals surface area contributed by atoms with Crippen LogP contribution in [0.15, 0.2) is 58.5 Å². The van der Waals surface area contributed by atoms with Gasteiger partial charge in [0, 0.05) is 24.7 Å². The van der Waals surface area contributed by atoms with Crippen LogP contribution in [0.5, 0.6) is 0 Å². The number of hydrogen-bond donors (Lipinski definition) is 0. The number of ether oxygens (including phenoxy) is 1. The molecule has 1 fully saturated rings. The van der Waals surface area contributed by atoms with E-state index in [1.165, 1.54) is 6.20 Å². The highest BCUT2D eigenvalue weighted by atomic mass is 32.2. The normalized spacial score (nSPS) is 15.1. The molecule has 2 heterocycles. The third-order valence-electron chi connectivity index (χ3n) is 6.33. The molecule has 1 aromatic heterocycles. The first-order valence-corrected chi connectivity index (χ1v) is 13.0. The lowest BCUT2D eigenvalue weighted by Crippen LogP contribution is -2.37. The summed E-state index contributed by atoms with van der Waals surface area (Å²) in [5, 5.41) is 0.831. The van der Waals surface area contributed by atoms with Gasteiger partial charge in [0.15, 0.2) is 0 Å². The lowest BCUT2D eigenvalue weighted by Gasteiger charge is -2.34. The molecular weight excluding hydrogens is 436 g/mol. The molecule has 0 aliphatic carbocycles. The van der Waals surface area contributed by atoms with Crippen LogP contribution in [-0.4, -0.2) is 39.1 Å². The minimum absolute atomic E-state index is 0.155. The molecule has 0 bridgehead atoms. The van der Waals surface area contributed by atoms with Crippen molar-refractivity contribution in [2.24, 2.45) is 5.92 Å². The minimum Gasteiger partial charge on any atom is -0.466 e. The summed E-state index contributed by atoms with van der Waals surface area (Å²) in [7, 11) is -3.78. The SMILES string of the molecule is CCOC(=O)C1CCN(c2c(S(=O)(=O)c3ccc(C)cc3)cnc3ccc(CC)cc23)CC1. The van der Waals surface area contributed by atoms with E-state index in [1.807, 2.05) is 32.0 Å². The first-order chi connectivity index (χ1) is 15.8. The summed E-state index contributed by atoms with van der Waals surface area (Å²) >= 11 is 0. The molecule has 2 aromatic carbocycles. The van der Waals surface area contributed by atoms with Gasteiger partial charge in [-0.05, 0) is 62.9 Å². The number of nitrogens with zero attached hydrogens (tertiary/aromatic N) is 2. The predicted octanol–water partition coefficient (Wildman–Crippen LogP) is 4.72. The molecule has 1 aliphatic heterocycles. The molecule has 1 aliphatic rings. The van der Waals surface area contributed by atoms with Crippen LogP contribution >= 0.6 is 0 Å². The number of benzene rings is 2. The smallest absolute Gasteiger partial charge is 0.309 e. The van der Waals surface area contributed by atoms with Crippen molar-refractivity contribution < 1.29 is 17.9 Å². The first kappa shape index (κ1) is 23.2. The lowest BCUT2D eigenvalue weighted by atomic mass is 9.96. The average Bonchev–Trinajstić information content (AvgIpc) is 2.83. The van der Waals surface area contributed by atoms with E-state index >= 15 is 0 Å².